The van der Waals surface area contributed by atoms with Gasteiger partial charge in [0.25, 0.3) is 0 Å². The fraction of sp³-hybridized carbons (Fsp3) is 0.0290. The zero-order valence-corrected chi connectivity index (χ0v) is 41.9. The van der Waals surface area contributed by atoms with Crippen LogP contribution in [0, 0.1) is 7.43 Å². The maximum Gasteiger partial charge on any atom is 0.132 e. The number of phenolic OH excluding ortho intramolecular Hbond substituents is 2. The van der Waals surface area contributed by atoms with Crippen molar-refractivity contribution in [2.75, 3.05) is 0 Å². The van der Waals surface area contributed by atoms with Gasteiger partial charge in [-0.3, -0.25) is 9.98 Å². The van der Waals surface area contributed by atoms with Crippen molar-refractivity contribution in [2.24, 2.45) is 9.98 Å². The monoisotopic (exact) mass is 994 g/mol. The minimum absolute atomic E-state index is 0. The van der Waals surface area contributed by atoms with Gasteiger partial charge in [0.05, 0.1) is 0 Å². The molecular formula is C69H51MnN2O2-. The number of aliphatic imine (C=N–C) groups is 2. The number of fused-ring (bicyclic) bond motifs is 4. The van der Waals surface area contributed by atoms with Crippen LogP contribution >= 0.6 is 0 Å². The van der Waals surface area contributed by atoms with Gasteiger partial charge in [-0.1, -0.05) is 243 Å². The van der Waals surface area contributed by atoms with Gasteiger partial charge in [0.1, 0.15) is 23.6 Å². The average Bonchev–Trinajstić information content (AvgIpc) is 3.44. The van der Waals surface area contributed by atoms with Crippen molar-refractivity contribution in [3.8, 4) is 56.0 Å². The van der Waals surface area contributed by atoms with Crippen LogP contribution in [0.1, 0.15) is 34.3 Å². The molecule has 0 saturated carbocycles. The Hall–Kier alpha value is -8.86. The molecule has 0 aliphatic heterocycles. The molecule has 2 atom stereocenters. The minimum atomic E-state index is -0.540. The molecule has 357 valence electrons. The molecule has 0 bridgehead atoms. The van der Waals surface area contributed by atoms with Crippen molar-refractivity contribution in [3.05, 3.63) is 284 Å². The maximum absolute atomic E-state index is 12.8. The van der Waals surface area contributed by atoms with Gasteiger partial charge in [-0.25, -0.2) is 0 Å². The van der Waals surface area contributed by atoms with Gasteiger partial charge in [0.15, 0.2) is 0 Å². The summed E-state index contributed by atoms with van der Waals surface area (Å²) < 4.78 is 0. The summed E-state index contributed by atoms with van der Waals surface area (Å²) in [5.74, 6) is 0.295. The molecule has 12 aromatic rings. The van der Waals surface area contributed by atoms with Gasteiger partial charge >= 0.3 is 0 Å². The molecule has 2 N–H and O–H groups in total. The van der Waals surface area contributed by atoms with Gasteiger partial charge in [-0.15, -0.1) is 0 Å². The molecule has 0 heterocycles. The summed E-state index contributed by atoms with van der Waals surface area (Å²) in [6.45, 7) is 0. The molecule has 1 radical (unpaired) electrons. The predicted octanol–water partition coefficient (Wildman–Crippen LogP) is 17.8. The van der Waals surface area contributed by atoms with E-state index in [9.17, 15) is 10.2 Å². The Kier molecular flexibility index (Phi) is 14.1. The Morgan fingerprint density at radius 3 is 0.973 bits per heavy atom. The summed E-state index contributed by atoms with van der Waals surface area (Å²) in [4.78, 5) is 10.9. The van der Waals surface area contributed by atoms with E-state index in [0.29, 0.717) is 11.1 Å². The first kappa shape index (κ1) is 48.8. The number of nitrogens with zero attached hydrogens (tertiary/aromatic N) is 2. The molecule has 0 amide bonds. The van der Waals surface area contributed by atoms with Gasteiger partial charge in [0.2, 0.25) is 0 Å². The summed E-state index contributed by atoms with van der Waals surface area (Å²) >= 11 is 0. The van der Waals surface area contributed by atoms with Crippen LogP contribution in [0.3, 0.4) is 0 Å². The molecule has 0 saturated heterocycles. The molecule has 0 spiro atoms. The molecule has 12 rings (SSSR count). The van der Waals surface area contributed by atoms with Crippen molar-refractivity contribution in [1.29, 1.82) is 0 Å². The van der Waals surface area contributed by atoms with Crippen LogP contribution in [-0.4, -0.2) is 22.6 Å². The second-order valence-corrected chi connectivity index (χ2v) is 18.2. The largest absolute Gasteiger partial charge is 0.507 e. The fourth-order valence-corrected chi connectivity index (χ4v) is 10.5. The molecule has 0 aliphatic rings. The summed E-state index contributed by atoms with van der Waals surface area (Å²) in [5.41, 5.74) is 10.7. The van der Waals surface area contributed by atoms with E-state index in [1.54, 1.807) is 0 Å². The van der Waals surface area contributed by atoms with Gasteiger partial charge in [0, 0.05) is 62.9 Å². The SMILES string of the molecule is Oc1c(C=NC(c2ccccc2)[C@H](N=Cc2cc3ccccc3c(-c3c(-c4ccccc4)ccc4ccccc34)c2O)c2ccccc2)cc2ccccc2c1-c1c(-c2ccccc2)ccc2ccccc12.[CH3-].[Mn]. The van der Waals surface area contributed by atoms with Crippen LogP contribution in [0.25, 0.3) is 87.6 Å². The van der Waals surface area contributed by atoms with Crippen LogP contribution in [-0.2, 0) is 17.1 Å². The summed E-state index contributed by atoms with van der Waals surface area (Å²) in [5, 5.41) is 33.7. The third-order valence-electron chi connectivity index (χ3n) is 14.0. The fourth-order valence-electron chi connectivity index (χ4n) is 10.5. The molecule has 0 aromatic heterocycles. The zero-order chi connectivity index (χ0) is 48.4. The van der Waals surface area contributed by atoms with Crippen molar-refractivity contribution >= 4 is 55.5 Å². The van der Waals surface area contributed by atoms with E-state index >= 15 is 0 Å². The minimum Gasteiger partial charge on any atom is -0.507 e. The van der Waals surface area contributed by atoms with Crippen LogP contribution in [0.5, 0.6) is 11.5 Å². The van der Waals surface area contributed by atoms with E-state index in [2.05, 4.69) is 170 Å². The van der Waals surface area contributed by atoms with Crippen molar-refractivity contribution in [2.45, 2.75) is 12.1 Å². The number of hydrogen-bond acceptors (Lipinski definition) is 4. The molecule has 74 heavy (non-hydrogen) atoms. The Bertz CT molecular complexity index is 3740. The Balaban J connectivity index is 0.00000313. The summed E-state index contributed by atoms with van der Waals surface area (Å²) in [6, 6.07) is 86.1. The molecule has 0 fully saturated rings. The zero-order valence-electron chi connectivity index (χ0n) is 40.7. The molecule has 0 aliphatic carbocycles. The van der Waals surface area contributed by atoms with Crippen molar-refractivity contribution in [3.63, 3.8) is 0 Å². The smallest absolute Gasteiger partial charge is 0.132 e. The standard InChI is InChI=1S/C68H48N2O2.CH3.Mn/c71-67-53(41-51-31-15-19-35-57(51)63(67)61-55-33-17-13-25-47(55)37-39-59(61)45-21-5-1-6-22-45)43-69-65(49-27-9-3-10-28-49)66(50-29-11-4-12-30-50)70-44-54-42-52-32-16-20-36-58(52)64(68(54)72)62-56-34-18-14-26-48(56)38-40-60(62)46-23-7-2-8-24-46;;/h1-44,65-66,71-72H;1H3;/q;-1;/t65-,66?;;/m1../s1. The predicted molar refractivity (Wildman–Crippen MR) is 308 cm³/mol. The first-order valence-electron chi connectivity index (χ1n) is 24.4. The van der Waals surface area contributed by atoms with E-state index in [1.165, 1.54) is 0 Å². The average molecular weight is 995 g/mol. The number of benzene rings is 12. The van der Waals surface area contributed by atoms with Gasteiger partial charge in [-0.2, -0.15) is 0 Å². The third kappa shape index (κ3) is 9.16. The van der Waals surface area contributed by atoms with E-state index in [0.717, 1.165) is 98.7 Å². The first-order chi connectivity index (χ1) is 35.6. The van der Waals surface area contributed by atoms with Crippen LogP contribution in [0.2, 0.25) is 0 Å². The molecule has 12 aromatic carbocycles. The molecule has 5 heteroatoms. The molecule has 4 nitrogen and oxygen atoms in total. The third-order valence-corrected chi connectivity index (χ3v) is 14.0. The van der Waals surface area contributed by atoms with Gasteiger partial charge < -0.3 is 17.6 Å². The number of rotatable bonds is 11. The first-order valence-corrected chi connectivity index (χ1v) is 24.4. The Labute approximate surface area is 442 Å². The van der Waals surface area contributed by atoms with Gasteiger partial charge in [-0.05, 0) is 88.6 Å². The quantitative estimate of drug-likeness (QED) is 0.0770. The normalized spacial score (nSPS) is 12.3. The Morgan fingerprint density at radius 1 is 0.311 bits per heavy atom. The topological polar surface area (TPSA) is 65.2 Å². The van der Waals surface area contributed by atoms with Crippen molar-refractivity contribution in [1.82, 2.24) is 0 Å². The van der Waals surface area contributed by atoms with E-state index < -0.39 is 12.1 Å². The number of aromatic hydroxyl groups is 2. The summed E-state index contributed by atoms with van der Waals surface area (Å²) in [6.07, 6.45) is 3.64. The second-order valence-electron chi connectivity index (χ2n) is 18.2. The molecule has 1 unspecified atom stereocenters. The van der Waals surface area contributed by atoms with Crippen LogP contribution < -0.4 is 0 Å². The Morgan fingerprint density at radius 2 is 0.608 bits per heavy atom. The van der Waals surface area contributed by atoms with E-state index in [1.807, 2.05) is 97.4 Å². The van der Waals surface area contributed by atoms with E-state index in [4.69, 9.17) is 9.98 Å². The number of phenols is 2. The van der Waals surface area contributed by atoms with Crippen molar-refractivity contribution < 1.29 is 27.3 Å². The summed E-state index contributed by atoms with van der Waals surface area (Å²) in [7, 11) is 0. The van der Waals surface area contributed by atoms with Crippen LogP contribution in [0.15, 0.2) is 265 Å². The van der Waals surface area contributed by atoms with E-state index in [-0.39, 0.29) is 36.0 Å². The number of hydrogen-bond donors (Lipinski definition) is 2. The molecular weight excluding hydrogens is 944 g/mol. The second kappa shape index (κ2) is 21.5. The van der Waals surface area contributed by atoms with Crippen LogP contribution in [0.4, 0.5) is 0 Å². The maximum atomic E-state index is 12.8.